The van der Waals surface area contributed by atoms with Crippen LogP contribution >= 0.6 is 11.3 Å². The van der Waals surface area contributed by atoms with Crippen LogP contribution in [0.4, 0.5) is 16.2 Å². The number of thiophene rings is 1. The molecule has 1 aromatic heterocycles. The number of hydrogen-bond acceptors (Lipinski definition) is 3. The summed E-state index contributed by atoms with van der Waals surface area (Å²) in [6.07, 6.45) is 3.15. The Morgan fingerprint density at radius 3 is 2.74 bits per heavy atom. The predicted octanol–water partition coefficient (Wildman–Crippen LogP) is 3.62. The predicted molar refractivity (Wildman–Crippen MR) is 93.1 cm³/mol. The van der Waals surface area contributed by atoms with Gasteiger partial charge in [-0.1, -0.05) is 13.0 Å². The molecule has 0 radical (unpaired) electrons. The summed E-state index contributed by atoms with van der Waals surface area (Å²) in [5.74, 6) is 0.585. The third-order valence-corrected chi connectivity index (χ3v) is 5.09. The van der Waals surface area contributed by atoms with Crippen molar-refractivity contribution >= 4 is 34.6 Å². The van der Waals surface area contributed by atoms with Gasteiger partial charge in [-0.3, -0.25) is 4.79 Å². The number of carbonyl (C=O) groups excluding carboxylic acids is 2. The monoisotopic (exact) mass is 329 g/mol. The quantitative estimate of drug-likeness (QED) is 0.803. The molecule has 0 fully saturated rings. The minimum absolute atomic E-state index is 0.103. The molecular formula is C17H19N3O2S. The second-order valence-corrected chi connectivity index (χ2v) is 6.89. The summed E-state index contributed by atoms with van der Waals surface area (Å²) in [6, 6.07) is 6.31. The van der Waals surface area contributed by atoms with E-state index in [-0.39, 0.29) is 5.91 Å². The molecular weight excluding hydrogens is 310 g/mol. The van der Waals surface area contributed by atoms with Crippen molar-refractivity contribution in [3.63, 3.8) is 0 Å². The van der Waals surface area contributed by atoms with Crippen LogP contribution in [0.25, 0.3) is 0 Å². The summed E-state index contributed by atoms with van der Waals surface area (Å²) in [4.78, 5) is 24.8. The second kappa shape index (κ2) is 6.42. The zero-order valence-electron chi connectivity index (χ0n) is 12.9. The van der Waals surface area contributed by atoms with Gasteiger partial charge in [0, 0.05) is 21.6 Å². The molecule has 1 aliphatic rings. The van der Waals surface area contributed by atoms with Crippen LogP contribution in [-0.2, 0) is 12.8 Å². The van der Waals surface area contributed by atoms with Crippen molar-refractivity contribution in [3.8, 4) is 0 Å². The van der Waals surface area contributed by atoms with E-state index in [1.165, 1.54) is 10.4 Å². The molecule has 0 saturated carbocycles. The summed E-state index contributed by atoms with van der Waals surface area (Å²) >= 11 is 1.67. The molecule has 0 spiro atoms. The van der Waals surface area contributed by atoms with Gasteiger partial charge in [0.1, 0.15) is 0 Å². The molecule has 1 heterocycles. The van der Waals surface area contributed by atoms with Gasteiger partial charge in [-0.25, -0.2) is 4.79 Å². The molecule has 0 bridgehead atoms. The normalized spacial score (nSPS) is 16.5. The Hall–Kier alpha value is -2.34. The summed E-state index contributed by atoms with van der Waals surface area (Å²) < 4.78 is 0. The van der Waals surface area contributed by atoms with Crippen molar-refractivity contribution < 1.29 is 9.59 Å². The van der Waals surface area contributed by atoms with Crippen molar-refractivity contribution in [3.05, 3.63) is 45.6 Å². The van der Waals surface area contributed by atoms with Crippen LogP contribution in [-0.4, -0.2) is 11.9 Å². The van der Waals surface area contributed by atoms with E-state index >= 15 is 0 Å². The molecule has 6 heteroatoms. The van der Waals surface area contributed by atoms with E-state index in [0.29, 0.717) is 17.3 Å². The lowest BCUT2D eigenvalue weighted by Crippen LogP contribution is -2.19. The third kappa shape index (κ3) is 3.53. The fourth-order valence-electron chi connectivity index (χ4n) is 2.88. The first-order chi connectivity index (χ1) is 11.0. The average Bonchev–Trinajstić information content (AvgIpc) is 2.89. The van der Waals surface area contributed by atoms with Gasteiger partial charge in [0.2, 0.25) is 0 Å². The van der Waals surface area contributed by atoms with Crippen molar-refractivity contribution in [1.29, 1.82) is 0 Å². The summed E-state index contributed by atoms with van der Waals surface area (Å²) in [7, 11) is 0. The number of urea groups is 1. The molecule has 2 aromatic rings. The molecule has 23 heavy (non-hydrogen) atoms. The lowest BCUT2D eigenvalue weighted by Gasteiger charge is -2.18. The van der Waals surface area contributed by atoms with E-state index in [0.717, 1.165) is 24.8 Å². The Bertz CT molecular complexity index is 754. The minimum atomic E-state index is -0.630. The number of hydrogen-bond donors (Lipinski definition) is 3. The maximum absolute atomic E-state index is 12.5. The van der Waals surface area contributed by atoms with Gasteiger partial charge in [-0.2, -0.15) is 0 Å². The van der Waals surface area contributed by atoms with Crippen LogP contribution < -0.4 is 16.4 Å². The SMILES string of the molecule is CC1CCc2c(C(=O)Nc3cccc(NC(N)=O)c3)csc2C1. The van der Waals surface area contributed by atoms with Gasteiger partial charge in [-0.05, 0) is 48.9 Å². The Kier molecular flexibility index (Phi) is 4.34. The molecule has 120 valence electrons. The molecule has 1 unspecified atom stereocenters. The zero-order chi connectivity index (χ0) is 16.4. The Balaban J connectivity index is 1.76. The van der Waals surface area contributed by atoms with E-state index in [9.17, 15) is 9.59 Å². The van der Waals surface area contributed by atoms with E-state index < -0.39 is 6.03 Å². The van der Waals surface area contributed by atoms with Crippen molar-refractivity contribution in [2.45, 2.75) is 26.2 Å². The summed E-state index contributed by atoms with van der Waals surface area (Å²) in [6.45, 7) is 2.25. The second-order valence-electron chi connectivity index (χ2n) is 5.92. The number of rotatable bonds is 3. The van der Waals surface area contributed by atoms with Gasteiger partial charge in [-0.15, -0.1) is 11.3 Å². The first-order valence-electron chi connectivity index (χ1n) is 7.60. The van der Waals surface area contributed by atoms with Gasteiger partial charge in [0.15, 0.2) is 0 Å². The fourth-order valence-corrected chi connectivity index (χ4v) is 4.13. The van der Waals surface area contributed by atoms with Gasteiger partial charge in [0.05, 0.1) is 5.56 Å². The maximum Gasteiger partial charge on any atom is 0.316 e. The van der Waals surface area contributed by atoms with Gasteiger partial charge < -0.3 is 16.4 Å². The number of carbonyl (C=O) groups is 2. The molecule has 0 saturated heterocycles. The highest BCUT2D eigenvalue weighted by molar-refractivity contribution is 7.10. The Morgan fingerprint density at radius 2 is 2.00 bits per heavy atom. The fraction of sp³-hybridized carbons (Fsp3) is 0.294. The minimum Gasteiger partial charge on any atom is -0.351 e. The molecule has 1 atom stereocenters. The van der Waals surface area contributed by atoms with Crippen molar-refractivity contribution in [2.75, 3.05) is 10.6 Å². The van der Waals surface area contributed by atoms with Crippen LogP contribution in [0.2, 0.25) is 0 Å². The van der Waals surface area contributed by atoms with E-state index in [2.05, 4.69) is 17.6 Å². The number of anilines is 2. The van der Waals surface area contributed by atoms with E-state index in [4.69, 9.17) is 5.73 Å². The average molecular weight is 329 g/mol. The number of nitrogens with two attached hydrogens (primary N) is 1. The van der Waals surface area contributed by atoms with Crippen molar-refractivity contribution in [1.82, 2.24) is 0 Å². The topological polar surface area (TPSA) is 84.2 Å². The Morgan fingerprint density at radius 1 is 1.26 bits per heavy atom. The van der Waals surface area contributed by atoms with E-state index in [1.807, 2.05) is 5.38 Å². The first kappa shape index (κ1) is 15.6. The lowest BCUT2D eigenvalue weighted by atomic mass is 9.88. The number of amides is 3. The highest BCUT2D eigenvalue weighted by Gasteiger charge is 2.23. The van der Waals surface area contributed by atoms with Crippen LogP contribution in [0.1, 0.15) is 34.1 Å². The van der Waals surface area contributed by atoms with Gasteiger partial charge >= 0.3 is 6.03 Å². The number of fused-ring (bicyclic) bond motifs is 1. The molecule has 1 aliphatic carbocycles. The molecule has 0 aliphatic heterocycles. The number of benzene rings is 1. The standard InChI is InChI=1S/C17H19N3O2S/c1-10-5-6-13-14(9-23-15(13)7-10)16(21)19-11-3-2-4-12(8-11)20-17(18)22/h2-4,8-10H,5-7H2,1H3,(H,19,21)(H3,18,20,22). The smallest absolute Gasteiger partial charge is 0.316 e. The Labute approximate surface area is 138 Å². The highest BCUT2D eigenvalue weighted by Crippen LogP contribution is 2.33. The molecule has 1 aromatic carbocycles. The maximum atomic E-state index is 12.5. The number of nitrogens with one attached hydrogen (secondary N) is 2. The number of primary amides is 1. The summed E-state index contributed by atoms with van der Waals surface area (Å²) in [5.41, 5.74) is 8.25. The molecule has 3 rings (SSSR count). The highest BCUT2D eigenvalue weighted by atomic mass is 32.1. The third-order valence-electron chi connectivity index (χ3n) is 4.03. The van der Waals surface area contributed by atoms with Crippen molar-refractivity contribution in [2.24, 2.45) is 11.7 Å². The largest absolute Gasteiger partial charge is 0.351 e. The van der Waals surface area contributed by atoms with Crippen LogP contribution in [0.5, 0.6) is 0 Å². The molecule has 5 nitrogen and oxygen atoms in total. The first-order valence-corrected chi connectivity index (χ1v) is 8.48. The molecule has 3 amide bonds. The van der Waals surface area contributed by atoms with Crippen LogP contribution in [0.3, 0.4) is 0 Å². The molecule has 4 N–H and O–H groups in total. The van der Waals surface area contributed by atoms with E-state index in [1.54, 1.807) is 35.6 Å². The van der Waals surface area contributed by atoms with Gasteiger partial charge in [0.25, 0.3) is 5.91 Å². The van der Waals surface area contributed by atoms with Crippen LogP contribution in [0, 0.1) is 5.92 Å². The summed E-state index contributed by atoms with van der Waals surface area (Å²) in [5, 5.41) is 7.34. The van der Waals surface area contributed by atoms with Crippen LogP contribution in [0.15, 0.2) is 29.6 Å². The zero-order valence-corrected chi connectivity index (χ0v) is 13.7. The lowest BCUT2D eigenvalue weighted by molar-refractivity contribution is 0.102.